The van der Waals surface area contributed by atoms with Crippen LogP contribution in [-0.2, 0) is 0 Å². The van der Waals surface area contributed by atoms with Gasteiger partial charge in [0.15, 0.2) is 5.75 Å². The zero-order valence-electron chi connectivity index (χ0n) is 6.00. The van der Waals surface area contributed by atoms with Gasteiger partial charge in [-0.25, -0.2) is 0 Å². The van der Waals surface area contributed by atoms with Gasteiger partial charge in [-0.1, -0.05) is 18.2 Å². The Morgan fingerprint density at radius 3 is 2.40 bits per heavy atom. The molecule has 0 amide bonds. The standard InChI is InChI=1S/C9H10O/c1-8(2)10-9-6-4-3-5-7-9/h3-7H,1H2,2H3. The van der Waals surface area contributed by atoms with Crippen LogP contribution in [0.15, 0.2) is 30.3 Å². The molecular formula is C9H10O. The molecule has 1 heteroatoms. The summed E-state index contributed by atoms with van der Waals surface area (Å²) in [4.78, 5) is 0. The first kappa shape index (κ1) is 7.00. The molecule has 1 rings (SSSR count). The van der Waals surface area contributed by atoms with Crippen LogP contribution in [0.4, 0.5) is 0 Å². The Hall–Kier alpha value is -1.11. The molecule has 0 N–H and O–H groups in total. The summed E-state index contributed by atoms with van der Waals surface area (Å²) in [7, 11) is 0. The van der Waals surface area contributed by atoms with Gasteiger partial charge in [0.1, 0.15) is 6.10 Å². The van der Waals surface area contributed by atoms with E-state index in [-0.39, 0.29) is 0 Å². The van der Waals surface area contributed by atoms with E-state index in [1.54, 1.807) is 0 Å². The number of benzene rings is 1. The second kappa shape index (κ2) is 3.16. The molecule has 0 aliphatic heterocycles. The predicted octanol–water partition coefficient (Wildman–Crippen LogP) is 2.45. The van der Waals surface area contributed by atoms with Crippen molar-refractivity contribution < 1.29 is 4.74 Å². The number of hydrogen-bond acceptors (Lipinski definition) is 1. The molecule has 0 saturated heterocycles. The quantitative estimate of drug-likeness (QED) is 0.564. The molecule has 0 saturated carbocycles. The van der Waals surface area contributed by atoms with E-state index < -0.39 is 0 Å². The molecule has 0 aliphatic rings. The predicted molar refractivity (Wildman–Crippen MR) is 41.3 cm³/mol. The smallest absolute Gasteiger partial charge is 0.178 e. The van der Waals surface area contributed by atoms with Gasteiger partial charge in [-0.15, -0.1) is 6.92 Å². The molecule has 0 heterocycles. The van der Waals surface area contributed by atoms with Gasteiger partial charge in [-0.05, 0) is 12.1 Å². The maximum atomic E-state index is 5.22. The van der Waals surface area contributed by atoms with E-state index in [1.165, 1.54) is 0 Å². The van der Waals surface area contributed by atoms with E-state index in [9.17, 15) is 0 Å². The topological polar surface area (TPSA) is 9.23 Å². The molecule has 52 valence electrons. The molecule has 0 aliphatic carbocycles. The maximum Gasteiger partial charge on any atom is 0.178 e. The van der Waals surface area contributed by atoms with Crippen molar-refractivity contribution in [1.29, 1.82) is 0 Å². The zero-order chi connectivity index (χ0) is 7.40. The van der Waals surface area contributed by atoms with E-state index in [4.69, 9.17) is 4.74 Å². The molecule has 1 aromatic carbocycles. The van der Waals surface area contributed by atoms with Crippen molar-refractivity contribution in [3.05, 3.63) is 43.4 Å². The van der Waals surface area contributed by atoms with E-state index in [0.717, 1.165) is 5.75 Å². The van der Waals surface area contributed by atoms with Gasteiger partial charge >= 0.3 is 0 Å². The molecule has 0 unspecified atom stereocenters. The monoisotopic (exact) mass is 134 g/mol. The second-order valence-corrected chi connectivity index (χ2v) is 2.12. The second-order valence-electron chi connectivity index (χ2n) is 2.12. The number of rotatable bonds is 2. The molecule has 0 atom stereocenters. The highest BCUT2D eigenvalue weighted by atomic mass is 16.5. The van der Waals surface area contributed by atoms with Crippen molar-refractivity contribution in [3.8, 4) is 5.75 Å². The fourth-order valence-electron chi connectivity index (χ4n) is 0.690. The Kier molecular flexibility index (Phi) is 2.21. The summed E-state index contributed by atoms with van der Waals surface area (Å²) in [6.45, 7) is 5.45. The van der Waals surface area contributed by atoms with Crippen LogP contribution in [0.2, 0.25) is 0 Å². The Bertz CT molecular complexity index is 179. The summed E-state index contributed by atoms with van der Waals surface area (Å²) in [6.07, 6.45) is 0.714. The summed E-state index contributed by atoms with van der Waals surface area (Å²) in [5.41, 5.74) is 0. The molecule has 0 radical (unpaired) electrons. The van der Waals surface area contributed by atoms with Crippen LogP contribution < -0.4 is 4.74 Å². The van der Waals surface area contributed by atoms with Gasteiger partial charge < -0.3 is 4.74 Å². The third kappa shape index (κ3) is 2.02. The largest absolute Gasteiger partial charge is 0.341 e. The summed E-state index contributed by atoms with van der Waals surface area (Å²) < 4.78 is 5.22. The van der Waals surface area contributed by atoms with Crippen molar-refractivity contribution in [3.63, 3.8) is 0 Å². The van der Waals surface area contributed by atoms with Gasteiger partial charge in [-0.2, -0.15) is 0 Å². The summed E-state index contributed by atoms with van der Waals surface area (Å²) in [6, 6.07) is 9.60. The maximum absolute atomic E-state index is 5.22. The Labute approximate surface area is 61.6 Å². The van der Waals surface area contributed by atoms with Crippen LogP contribution in [-0.4, -0.2) is 0 Å². The normalized spacial score (nSPS) is 9.00. The average molecular weight is 134 g/mol. The third-order valence-electron chi connectivity index (χ3n) is 1.04. The minimum atomic E-state index is 0.714. The van der Waals surface area contributed by atoms with Crippen LogP contribution in [0.25, 0.3) is 0 Å². The Morgan fingerprint density at radius 1 is 1.30 bits per heavy atom. The van der Waals surface area contributed by atoms with Crippen molar-refractivity contribution in [2.45, 2.75) is 6.92 Å². The van der Waals surface area contributed by atoms with Crippen LogP contribution in [0.3, 0.4) is 0 Å². The highest BCUT2D eigenvalue weighted by Crippen LogP contribution is 2.12. The first-order valence-electron chi connectivity index (χ1n) is 3.17. The minimum absolute atomic E-state index is 0.714. The van der Waals surface area contributed by atoms with Crippen LogP contribution in [0, 0.1) is 13.0 Å². The van der Waals surface area contributed by atoms with Crippen molar-refractivity contribution in [2.24, 2.45) is 0 Å². The molecule has 1 aromatic rings. The van der Waals surface area contributed by atoms with Crippen molar-refractivity contribution in [1.82, 2.24) is 0 Å². The van der Waals surface area contributed by atoms with E-state index >= 15 is 0 Å². The molecule has 1 nitrogen and oxygen atoms in total. The van der Waals surface area contributed by atoms with Crippen LogP contribution in [0.5, 0.6) is 5.75 Å². The number of para-hydroxylation sites is 1. The highest BCUT2D eigenvalue weighted by Gasteiger charge is 1.98. The molecule has 10 heavy (non-hydrogen) atoms. The summed E-state index contributed by atoms with van der Waals surface area (Å²) in [5, 5.41) is 0. The molecule has 0 aromatic heterocycles. The highest BCUT2D eigenvalue weighted by molar-refractivity contribution is 5.22. The molecule has 0 spiro atoms. The van der Waals surface area contributed by atoms with Gasteiger partial charge in [0.25, 0.3) is 0 Å². The first-order chi connectivity index (χ1) is 4.79. The lowest BCUT2D eigenvalue weighted by atomic mass is 10.3. The molecule has 0 bridgehead atoms. The average Bonchev–Trinajstić information content (AvgIpc) is 1.88. The van der Waals surface area contributed by atoms with Gasteiger partial charge in [0.2, 0.25) is 0 Å². The lowest BCUT2D eigenvalue weighted by Gasteiger charge is -2.00. The van der Waals surface area contributed by atoms with Crippen LogP contribution in [0.1, 0.15) is 6.92 Å². The first-order valence-corrected chi connectivity index (χ1v) is 3.17. The van der Waals surface area contributed by atoms with E-state index in [0.29, 0.717) is 6.10 Å². The Morgan fingerprint density at radius 2 is 1.90 bits per heavy atom. The third-order valence-corrected chi connectivity index (χ3v) is 1.04. The lowest BCUT2D eigenvalue weighted by molar-refractivity contribution is 0.365. The lowest BCUT2D eigenvalue weighted by Crippen LogP contribution is -1.95. The van der Waals surface area contributed by atoms with Gasteiger partial charge in [-0.3, -0.25) is 0 Å². The Balaban J connectivity index is 2.59. The number of hydrogen-bond donors (Lipinski definition) is 0. The summed E-state index contributed by atoms with van der Waals surface area (Å²) in [5.74, 6) is 0.843. The van der Waals surface area contributed by atoms with Crippen molar-refractivity contribution >= 4 is 0 Å². The zero-order valence-corrected chi connectivity index (χ0v) is 6.00. The van der Waals surface area contributed by atoms with Crippen molar-refractivity contribution in [2.75, 3.05) is 0 Å². The fourth-order valence-corrected chi connectivity index (χ4v) is 0.690. The van der Waals surface area contributed by atoms with Crippen LogP contribution >= 0.6 is 0 Å². The molecular weight excluding hydrogens is 124 g/mol. The van der Waals surface area contributed by atoms with E-state index in [2.05, 4.69) is 6.92 Å². The van der Waals surface area contributed by atoms with Gasteiger partial charge in [0.05, 0.1) is 6.92 Å². The minimum Gasteiger partial charge on any atom is -0.341 e. The number of ether oxygens (including phenoxy) is 1. The summed E-state index contributed by atoms with van der Waals surface area (Å²) >= 11 is 0. The van der Waals surface area contributed by atoms with E-state index in [1.807, 2.05) is 37.3 Å². The SMILES string of the molecule is [CH2-][C+](C)Oc1ccccc1. The fraction of sp³-hybridized carbons (Fsp3) is 0.111. The van der Waals surface area contributed by atoms with Gasteiger partial charge in [0, 0.05) is 0 Å². The molecule has 0 fully saturated rings.